The molecule has 0 radical (unpaired) electrons. The number of nitrogens with two attached hydrogens (primary N) is 1. The van der Waals surface area contributed by atoms with Gasteiger partial charge in [0.05, 0.1) is 21.5 Å². The van der Waals surface area contributed by atoms with Crippen molar-refractivity contribution in [2.24, 2.45) is 0 Å². The van der Waals surface area contributed by atoms with Crippen molar-refractivity contribution in [3.05, 3.63) is 52.0 Å². The first kappa shape index (κ1) is 16.0. The number of anilines is 2. The Labute approximate surface area is 137 Å². The largest absolute Gasteiger partial charge is 0.398 e. The Hall–Kier alpha value is -1.36. The lowest BCUT2D eigenvalue weighted by Crippen LogP contribution is -2.14. The number of hydrogen-bond donors (Lipinski definition) is 2. The topological polar surface area (TPSA) is 55.1 Å². The average Bonchev–Trinajstić information content (AvgIpc) is 2.41. The van der Waals surface area contributed by atoms with Gasteiger partial charge in [-0.1, -0.05) is 35.3 Å². The van der Waals surface area contributed by atoms with E-state index in [1.807, 2.05) is 13.0 Å². The van der Waals surface area contributed by atoms with E-state index in [0.29, 0.717) is 26.3 Å². The minimum atomic E-state index is -0.162. The van der Waals surface area contributed by atoms with Gasteiger partial charge in [0.1, 0.15) is 0 Å². The van der Waals surface area contributed by atoms with Crippen LogP contribution >= 0.6 is 35.0 Å². The minimum absolute atomic E-state index is 0.162. The number of carbonyl (C=O) groups is 1. The summed E-state index contributed by atoms with van der Waals surface area (Å²) in [6.07, 6.45) is 0. The van der Waals surface area contributed by atoms with Gasteiger partial charge in [0, 0.05) is 10.6 Å². The molecule has 2 aromatic carbocycles. The third-order valence-electron chi connectivity index (χ3n) is 2.74. The molecule has 0 aliphatic rings. The van der Waals surface area contributed by atoms with E-state index < -0.39 is 0 Å². The van der Waals surface area contributed by atoms with Gasteiger partial charge in [-0.2, -0.15) is 0 Å². The predicted molar refractivity (Wildman–Crippen MR) is 91.4 cm³/mol. The summed E-state index contributed by atoms with van der Waals surface area (Å²) >= 11 is 13.4. The fourth-order valence-corrected chi connectivity index (χ4v) is 3.14. The first-order valence-electron chi connectivity index (χ1n) is 6.20. The van der Waals surface area contributed by atoms with Crippen LogP contribution in [-0.4, -0.2) is 11.7 Å². The number of benzene rings is 2. The number of nitrogens with one attached hydrogen (secondary N) is 1. The van der Waals surface area contributed by atoms with Gasteiger partial charge in [-0.3, -0.25) is 4.79 Å². The van der Waals surface area contributed by atoms with Gasteiger partial charge in [0.25, 0.3) is 0 Å². The summed E-state index contributed by atoms with van der Waals surface area (Å²) in [6, 6.07) is 10.7. The van der Waals surface area contributed by atoms with Crippen LogP contribution in [0.5, 0.6) is 0 Å². The molecule has 0 saturated carbocycles. The second kappa shape index (κ2) is 7.07. The summed E-state index contributed by atoms with van der Waals surface area (Å²) in [6.45, 7) is 1.94. The van der Waals surface area contributed by atoms with Crippen LogP contribution in [0.2, 0.25) is 10.0 Å². The number of carbonyl (C=O) groups excluding carboxylic acids is 1. The number of amides is 1. The van der Waals surface area contributed by atoms with Gasteiger partial charge >= 0.3 is 0 Å². The summed E-state index contributed by atoms with van der Waals surface area (Å²) in [4.78, 5) is 12.7. The van der Waals surface area contributed by atoms with Crippen LogP contribution in [0.4, 0.5) is 11.4 Å². The van der Waals surface area contributed by atoms with Gasteiger partial charge in [0.15, 0.2) is 0 Å². The molecule has 3 nitrogen and oxygen atoms in total. The average molecular weight is 341 g/mol. The number of nitrogen functional groups attached to an aromatic ring is 1. The van der Waals surface area contributed by atoms with E-state index in [2.05, 4.69) is 5.32 Å². The van der Waals surface area contributed by atoms with Crippen molar-refractivity contribution in [3.8, 4) is 0 Å². The van der Waals surface area contributed by atoms with Crippen LogP contribution in [-0.2, 0) is 4.79 Å². The van der Waals surface area contributed by atoms with Crippen molar-refractivity contribution in [3.63, 3.8) is 0 Å². The zero-order chi connectivity index (χ0) is 15.4. The first-order valence-corrected chi connectivity index (χ1v) is 7.94. The molecule has 0 heterocycles. The molecule has 2 aromatic rings. The normalized spacial score (nSPS) is 10.4. The number of thioether (sulfide) groups is 1. The number of rotatable bonds is 4. The lowest BCUT2D eigenvalue weighted by Gasteiger charge is -2.09. The van der Waals surface area contributed by atoms with E-state index in [1.165, 1.54) is 11.8 Å². The molecule has 0 bridgehead atoms. The first-order chi connectivity index (χ1) is 9.97. The Morgan fingerprint density at radius 1 is 1.24 bits per heavy atom. The van der Waals surface area contributed by atoms with Crippen LogP contribution in [0.3, 0.4) is 0 Å². The molecule has 0 spiro atoms. The van der Waals surface area contributed by atoms with E-state index in [4.69, 9.17) is 28.9 Å². The van der Waals surface area contributed by atoms with Crippen molar-refractivity contribution in [1.29, 1.82) is 0 Å². The summed E-state index contributed by atoms with van der Waals surface area (Å²) in [5.41, 5.74) is 8.04. The van der Waals surface area contributed by atoms with E-state index in [1.54, 1.807) is 30.3 Å². The molecule has 6 heteroatoms. The highest BCUT2D eigenvalue weighted by Crippen LogP contribution is 2.32. The predicted octanol–water partition coefficient (Wildman–Crippen LogP) is 4.61. The van der Waals surface area contributed by atoms with Crippen LogP contribution < -0.4 is 11.1 Å². The molecular formula is C15H14Cl2N2OS. The summed E-state index contributed by atoms with van der Waals surface area (Å²) in [5.74, 6) is 0.0445. The Bertz CT molecular complexity index is 656. The van der Waals surface area contributed by atoms with Crippen molar-refractivity contribution >= 4 is 52.2 Å². The van der Waals surface area contributed by atoms with Crippen molar-refractivity contribution in [2.75, 3.05) is 16.8 Å². The maximum absolute atomic E-state index is 12.0. The quantitative estimate of drug-likeness (QED) is 0.630. The van der Waals surface area contributed by atoms with Crippen molar-refractivity contribution in [1.82, 2.24) is 0 Å². The van der Waals surface area contributed by atoms with Crippen LogP contribution in [0.25, 0.3) is 0 Å². The number of aryl methyl sites for hydroxylation is 1. The van der Waals surface area contributed by atoms with Gasteiger partial charge in [-0.25, -0.2) is 0 Å². The highest BCUT2D eigenvalue weighted by molar-refractivity contribution is 8.00. The molecule has 0 aliphatic carbocycles. The van der Waals surface area contributed by atoms with E-state index in [9.17, 15) is 4.79 Å². The Morgan fingerprint density at radius 2 is 2.00 bits per heavy atom. The van der Waals surface area contributed by atoms with Crippen LogP contribution in [0.1, 0.15) is 5.56 Å². The molecular weight excluding hydrogens is 327 g/mol. The fourth-order valence-electron chi connectivity index (χ4n) is 1.72. The van der Waals surface area contributed by atoms with Gasteiger partial charge in [0.2, 0.25) is 5.91 Å². The lowest BCUT2D eigenvalue weighted by molar-refractivity contribution is -0.113. The van der Waals surface area contributed by atoms with E-state index in [-0.39, 0.29) is 11.7 Å². The van der Waals surface area contributed by atoms with Gasteiger partial charge < -0.3 is 11.1 Å². The molecule has 1 amide bonds. The zero-order valence-electron chi connectivity index (χ0n) is 11.3. The molecule has 0 fully saturated rings. The van der Waals surface area contributed by atoms with Crippen molar-refractivity contribution < 1.29 is 4.79 Å². The zero-order valence-corrected chi connectivity index (χ0v) is 13.6. The second-order valence-electron chi connectivity index (χ2n) is 4.48. The smallest absolute Gasteiger partial charge is 0.234 e. The monoisotopic (exact) mass is 340 g/mol. The minimum Gasteiger partial charge on any atom is -0.398 e. The molecule has 0 saturated heterocycles. The SMILES string of the molecule is Cc1ccc(NC(=O)CSc2c(N)cccc2Cl)c(Cl)c1. The third kappa shape index (κ3) is 4.30. The molecule has 0 aromatic heterocycles. The summed E-state index contributed by atoms with van der Waals surface area (Å²) < 4.78 is 0. The summed E-state index contributed by atoms with van der Waals surface area (Å²) in [7, 11) is 0. The van der Waals surface area contributed by atoms with Crippen LogP contribution in [0.15, 0.2) is 41.3 Å². The highest BCUT2D eigenvalue weighted by Gasteiger charge is 2.10. The van der Waals surface area contributed by atoms with Gasteiger partial charge in [-0.15, -0.1) is 11.8 Å². The van der Waals surface area contributed by atoms with Crippen molar-refractivity contribution in [2.45, 2.75) is 11.8 Å². The third-order valence-corrected chi connectivity index (χ3v) is 4.63. The van der Waals surface area contributed by atoms with Crippen LogP contribution in [0, 0.1) is 6.92 Å². The Balaban J connectivity index is 1.99. The summed E-state index contributed by atoms with van der Waals surface area (Å²) in [5, 5.41) is 3.83. The van der Waals surface area contributed by atoms with Gasteiger partial charge in [-0.05, 0) is 36.8 Å². The Kier molecular flexibility index (Phi) is 5.39. The highest BCUT2D eigenvalue weighted by atomic mass is 35.5. The van der Waals surface area contributed by atoms with E-state index >= 15 is 0 Å². The molecule has 3 N–H and O–H groups in total. The molecule has 21 heavy (non-hydrogen) atoms. The molecule has 110 valence electrons. The Morgan fingerprint density at radius 3 is 2.67 bits per heavy atom. The molecule has 0 aliphatic heterocycles. The molecule has 0 unspecified atom stereocenters. The van der Waals surface area contributed by atoms with E-state index in [0.717, 1.165) is 5.56 Å². The maximum atomic E-state index is 12.0. The number of hydrogen-bond acceptors (Lipinski definition) is 3. The lowest BCUT2D eigenvalue weighted by atomic mass is 10.2. The fraction of sp³-hybridized carbons (Fsp3) is 0.133. The standard InChI is InChI=1S/C15H14Cl2N2OS/c1-9-5-6-13(11(17)7-9)19-14(20)8-21-15-10(16)3-2-4-12(15)18/h2-7H,8,18H2,1H3,(H,19,20). The second-order valence-corrected chi connectivity index (χ2v) is 6.28. The molecule has 0 atom stereocenters. The maximum Gasteiger partial charge on any atom is 0.234 e. The number of halogens is 2. The molecule has 2 rings (SSSR count).